The number of amides is 1. The first kappa shape index (κ1) is 18.2. The van der Waals surface area contributed by atoms with Gasteiger partial charge in [0, 0.05) is 32.7 Å². The first-order valence-electron chi connectivity index (χ1n) is 9.26. The maximum absolute atomic E-state index is 12.9. The molecule has 1 heterocycles. The maximum atomic E-state index is 12.9. The quantitative estimate of drug-likeness (QED) is 0.833. The second-order valence-corrected chi connectivity index (χ2v) is 6.78. The zero-order valence-corrected chi connectivity index (χ0v) is 15.3. The minimum Gasteiger partial charge on any atom is -0.340 e. The summed E-state index contributed by atoms with van der Waals surface area (Å²) in [4.78, 5) is 17.3. The molecule has 3 rings (SSSR count). The monoisotopic (exact) mass is 347 g/mol. The van der Waals surface area contributed by atoms with E-state index in [0.717, 1.165) is 44.7 Å². The molecule has 0 radical (unpaired) electrons. The molecular weight excluding hydrogens is 322 g/mol. The molecule has 1 atom stereocenters. The molecule has 1 saturated heterocycles. The van der Waals surface area contributed by atoms with Crippen molar-refractivity contribution in [3.8, 4) is 6.07 Å². The average Bonchev–Trinajstić information content (AvgIpc) is 2.70. The van der Waals surface area contributed by atoms with Crippen molar-refractivity contribution in [3.63, 3.8) is 0 Å². The van der Waals surface area contributed by atoms with Crippen LogP contribution in [0.5, 0.6) is 0 Å². The highest BCUT2D eigenvalue weighted by Crippen LogP contribution is 2.23. The summed E-state index contributed by atoms with van der Waals surface area (Å²) < 4.78 is 0. The van der Waals surface area contributed by atoms with E-state index in [0.29, 0.717) is 5.56 Å². The van der Waals surface area contributed by atoms with Crippen LogP contribution in [0.1, 0.15) is 36.0 Å². The number of hydrogen-bond acceptors (Lipinski definition) is 3. The van der Waals surface area contributed by atoms with E-state index >= 15 is 0 Å². The lowest BCUT2D eigenvalue weighted by Gasteiger charge is -2.36. The summed E-state index contributed by atoms with van der Waals surface area (Å²) in [5, 5.41) is 8.88. The minimum absolute atomic E-state index is 0.0405. The van der Waals surface area contributed by atoms with Crippen LogP contribution in [-0.4, -0.2) is 41.9 Å². The van der Waals surface area contributed by atoms with E-state index in [1.54, 1.807) is 0 Å². The van der Waals surface area contributed by atoms with Gasteiger partial charge in [-0.3, -0.25) is 9.69 Å². The molecule has 1 unspecified atom stereocenters. The zero-order chi connectivity index (χ0) is 18.4. The smallest absolute Gasteiger partial charge is 0.230 e. The van der Waals surface area contributed by atoms with Gasteiger partial charge in [-0.25, -0.2) is 0 Å². The van der Waals surface area contributed by atoms with E-state index in [9.17, 15) is 4.79 Å². The number of piperazine rings is 1. The van der Waals surface area contributed by atoms with Gasteiger partial charge in [0.15, 0.2) is 0 Å². The van der Waals surface area contributed by atoms with Crippen molar-refractivity contribution < 1.29 is 4.79 Å². The van der Waals surface area contributed by atoms with E-state index < -0.39 is 0 Å². The van der Waals surface area contributed by atoms with Crippen molar-refractivity contribution in [1.82, 2.24) is 9.80 Å². The molecule has 0 bridgehead atoms. The molecule has 0 spiro atoms. The Bertz CT molecular complexity index is 756. The van der Waals surface area contributed by atoms with E-state index in [1.165, 1.54) is 5.56 Å². The Morgan fingerprint density at radius 1 is 1.04 bits per heavy atom. The SMILES string of the molecule is CCC(C(=O)N1CCN(Cc2ccc(C#N)cc2)CC1)c1ccccc1. The van der Waals surface area contributed by atoms with Gasteiger partial charge in [-0.05, 0) is 29.7 Å². The van der Waals surface area contributed by atoms with Crippen LogP contribution in [0.4, 0.5) is 0 Å². The molecule has 1 fully saturated rings. The third kappa shape index (κ3) is 4.30. The summed E-state index contributed by atoms with van der Waals surface area (Å²) >= 11 is 0. The topological polar surface area (TPSA) is 47.3 Å². The minimum atomic E-state index is -0.0405. The standard InChI is InChI=1S/C22H25N3O/c1-2-21(20-6-4-3-5-7-20)22(26)25-14-12-24(13-15-25)17-19-10-8-18(16-23)9-11-19/h3-11,21H,2,12-15,17H2,1H3. The Kier molecular flexibility index (Phi) is 6.04. The Balaban J connectivity index is 1.55. The third-order valence-electron chi connectivity index (χ3n) is 5.08. The molecule has 1 aliphatic rings. The molecule has 26 heavy (non-hydrogen) atoms. The number of hydrogen-bond donors (Lipinski definition) is 0. The summed E-state index contributed by atoms with van der Waals surface area (Å²) in [7, 11) is 0. The van der Waals surface area contributed by atoms with Crippen LogP contribution in [0.15, 0.2) is 54.6 Å². The predicted molar refractivity (Wildman–Crippen MR) is 102 cm³/mol. The highest BCUT2D eigenvalue weighted by atomic mass is 16.2. The fourth-order valence-corrected chi connectivity index (χ4v) is 3.53. The molecular formula is C22H25N3O. The molecule has 0 aromatic heterocycles. The van der Waals surface area contributed by atoms with Crippen LogP contribution in [0.2, 0.25) is 0 Å². The predicted octanol–water partition coefficient (Wildman–Crippen LogP) is 3.40. The second-order valence-electron chi connectivity index (χ2n) is 6.78. The maximum Gasteiger partial charge on any atom is 0.230 e. The van der Waals surface area contributed by atoms with Crippen LogP contribution < -0.4 is 0 Å². The lowest BCUT2D eigenvalue weighted by atomic mass is 9.95. The van der Waals surface area contributed by atoms with Crippen molar-refractivity contribution in [2.24, 2.45) is 0 Å². The number of carbonyl (C=O) groups is 1. The Hall–Kier alpha value is -2.64. The summed E-state index contributed by atoms with van der Waals surface area (Å²) in [6.45, 7) is 6.27. The molecule has 4 heteroatoms. The Labute approximate surface area is 155 Å². The molecule has 0 saturated carbocycles. The Morgan fingerprint density at radius 3 is 2.27 bits per heavy atom. The Morgan fingerprint density at radius 2 is 1.69 bits per heavy atom. The lowest BCUT2D eigenvalue weighted by molar-refractivity contribution is -0.134. The highest BCUT2D eigenvalue weighted by molar-refractivity contribution is 5.83. The molecule has 2 aromatic carbocycles. The van der Waals surface area contributed by atoms with Crippen LogP contribution in [0.3, 0.4) is 0 Å². The van der Waals surface area contributed by atoms with Crippen LogP contribution in [0.25, 0.3) is 0 Å². The average molecular weight is 347 g/mol. The highest BCUT2D eigenvalue weighted by Gasteiger charge is 2.27. The lowest BCUT2D eigenvalue weighted by Crippen LogP contribution is -2.49. The van der Waals surface area contributed by atoms with Crippen LogP contribution in [-0.2, 0) is 11.3 Å². The molecule has 2 aromatic rings. The summed E-state index contributed by atoms with van der Waals surface area (Å²) in [5.74, 6) is 0.206. The van der Waals surface area contributed by atoms with Crippen molar-refractivity contribution in [2.75, 3.05) is 26.2 Å². The largest absolute Gasteiger partial charge is 0.340 e. The zero-order valence-electron chi connectivity index (χ0n) is 15.3. The van der Waals surface area contributed by atoms with E-state index in [1.807, 2.05) is 59.5 Å². The van der Waals surface area contributed by atoms with Gasteiger partial charge in [0.1, 0.15) is 0 Å². The van der Waals surface area contributed by atoms with Crippen molar-refractivity contribution in [2.45, 2.75) is 25.8 Å². The van der Waals surface area contributed by atoms with Gasteiger partial charge in [0.25, 0.3) is 0 Å². The van der Waals surface area contributed by atoms with Crippen LogP contribution in [0, 0.1) is 11.3 Å². The molecule has 1 amide bonds. The van der Waals surface area contributed by atoms with Crippen molar-refractivity contribution in [1.29, 1.82) is 5.26 Å². The molecule has 0 N–H and O–H groups in total. The van der Waals surface area contributed by atoms with E-state index in [2.05, 4.69) is 17.9 Å². The number of nitrogens with zero attached hydrogens (tertiary/aromatic N) is 3. The fourth-order valence-electron chi connectivity index (χ4n) is 3.53. The van der Waals surface area contributed by atoms with Gasteiger partial charge in [0.05, 0.1) is 17.6 Å². The van der Waals surface area contributed by atoms with Gasteiger partial charge in [-0.1, -0.05) is 49.4 Å². The van der Waals surface area contributed by atoms with E-state index in [-0.39, 0.29) is 11.8 Å². The third-order valence-corrected chi connectivity index (χ3v) is 5.08. The van der Waals surface area contributed by atoms with Gasteiger partial charge < -0.3 is 4.90 Å². The van der Waals surface area contributed by atoms with E-state index in [4.69, 9.17) is 5.26 Å². The van der Waals surface area contributed by atoms with Crippen molar-refractivity contribution >= 4 is 5.91 Å². The summed E-state index contributed by atoms with van der Waals surface area (Å²) in [6.07, 6.45) is 0.828. The molecule has 0 aliphatic carbocycles. The van der Waals surface area contributed by atoms with Gasteiger partial charge >= 0.3 is 0 Å². The first-order chi connectivity index (χ1) is 12.7. The number of carbonyl (C=O) groups excluding carboxylic acids is 1. The number of rotatable bonds is 5. The van der Waals surface area contributed by atoms with Crippen LogP contribution >= 0.6 is 0 Å². The second kappa shape index (κ2) is 8.64. The molecule has 1 aliphatic heterocycles. The number of benzene rings is 2. The number of nitriles is 1. The van der Waals surface area contributed by atoms with Gasteiger partial charge in [-0.15, -0.1) is 0 Å². The fraction of sp³-hybridized carbons (Fsp3) is 0.364. The van der Waals surface area contributed by atoms with Crippen molar-refractivity contribution in [3.05, 3.63) is 71.3 Å². The molecule has 4 nitrogen and oxygen atoms in total. The summed E-state index contributed by atoms with van der Waals surface area (Å²) in [6, 6.07) is 20.0. The van der Waals surface area contributed by atoms with Gasteiger partial charge in [-0.2, -0.15) is 5.26 Å². The molecule has 134 valence electrons. The first-order valence-corrected chi connectivity index (χ1v) is 9.26. The summed E-state index contributed by atoms with van der Waals surface area (Å²) in [5.41, 5.74) is 3.01. The normalized spacial score (nSPS) is 16.1. The van der Waals surface area contributed by atoms with Gasteiger partial charge in [0.2, 0.25) is 5.91 Å².